The van der Waals surface area contributed by atoms with Crippen LogP contribution in [0.15, 0.2) is 0 Å². The molecular formula is C4H8BrNOZn. The number of amides is 1. The molecule has 0 atom stereocenters. The van der Waals surface area contributed by atoms with Crippen LogP contribution in [0.25, 0.3) is 0 Å². The first-order valence-electron chi connectivity index (χ1n) is 1.94. The Bertz CT molecular complexity index is 67.1. The second-order valence-corrected chi connectivity index (χ2v) is 1.29. The van der Waals surface area contributed by atoms with Crippen molar-refractivity contribution in [2.75, 3.05) is 14.1 Å². The van der Waals surface area contributed by atoms with Gasteiger partial charge in [-0.1, -0.05) is 0 Å². The van der Waals surface area contributed by atoms with Crippen LogP contribution in [-0.2, 0) is 21.1 Å². The Morgan fingerprint density at radius 2 is 1.75 bits per heavy atom. The molecule has 44 valence electrons. The van der Waals surface area contributed by atoms with Gasteiger partial charge >= 0.3 is 30.0 Å². The third kappa shape index (κ3) is 9.67. The van der Waals surface area contributed by atoms with E-state index >= 15 is 0 Å². The molecule has 0 N–H and O–H groups in total. The minimum absolute atomic E-state index is 0.157. The molecule has 0 heterocycles. The molecule has 0 spiro atoms. The Hall–Kier alpha value is 0.443. The van der Waals surface area contributed by atoms with E-state index in [0.29, 0.717) is 0 Å². The molecule has 0 aromatic carbocycles. The Morgan fingerprint density at radius 1 is 1.62 bits per heavy atom. The molecule has 0 radical (unpaired) electrons. The van der Waals surface area contributed by atoms with Crippen molar-refractivity contribution in [3.8, 4) is 0 Å². The number of hydrogen-bond acceptors (Lipinski definition) is 1. The molecule has 0 rings (SSSR count). The summed E-state index contributed by atoms with van der Waals surface area (Å²) in [5, 5.41) is 0. The number of carbonyl (C=O) groups excluding carboxylic acids is 1. The van der Waals surface area contributed by atoms with E-state index in [1.807, 2.05) is 0 Å². The fourth-order valence-corrected chi connectivity index (χ4v) is 0. The Labute approximate surface area is 66.7 Å². The van der Waals surface area contributed by atoms with Gasteiger partial charge in [-0.25, -0.2) is 0 Å². The van der Waals surface area contributed by atoms with Gasteiger partial charge in [0.05, 0.1) is 5.91 Å². The van der Waals surface area contributed by atoms with Crippen LogP contribution < -0.4 is 0 Å². The number of carbonyl (C=O) groups is 1. The molecule has 0 aromatic heterocycles. The maximum atomic E-state index is 9.96. The van der Waals surface area contributed by atoms with Gasteiger partial charge in [0.15, 0.2) is 0 Å². The summed E-state index contributed by atoms with van der Waals surface area (Å²) in [4.78, 5) is 11.4. The molecule has 0 aromatic rings. The van der Waals surface area contributed by atoms with Crippen molar-refractivity contribution < 1.29 is 21.1 Å². The summed E-state index contributed by atoms with van der Waals surface area (Å²) < 4.78 is 0. The zero-order valence-electron chi connectivity index (χ0n) is 5.15. The van der Waals surface area contributed by atoms with Gasteiger partial charge < -0.3 is 16.6 Å². The third-order valence-electron chi connectivity index (χ3n) is 0.499. The van der Waals surface area contributed by atoms with Crippen molar-refractivity contribution in [1.82, 2.24) is 4.90 Å². The van der Waals surface area contributed by atoms with Crippen LogP contribution in [0.2, 0.25) is 0 Å². The van der Waals surface area contributed by atoms with E-state index in [2.05, 4.69) is 20.5 Å². The Balaban J connectivity index is 0. The van der Waals surface area contributed by atoms with E-state index in [-0.39, 0.29) is 5.91 Å². The molecule has 1 amide bonds. The van der Waals surface area contributed by atoms with Gasteiger partial charge in [0.2, 0.25) is 0 Å². The van der Waals surface area contributed by atoms with Crippen LogP contribution in [0.5, 0.6) is 0 Å². The molecule has 0 aliphatic rings. The number of hydrogen-bond donors (Lipinski definition) is 0. The minimum atomic E-state index is -0.157. The third-order valence-corrected chi connectivity index (χ3v) is 0.499. The fourth-order valence-electron chi connectivity index (χ4n) is 0. The summed E-state index contributed by atoms with van der Waals surface area (Å²) in [5.41, 5.74) is 0. The van der Waals surface area contributed by atoms with Gasteiger partial charge in [0.25, 0.3) is 0 Å². The second-order valence-electron chi connectivity index (χ2n) is 1.29. The summed E-state index contributed by atoms with van der Waals surface area (Å²) in [6.07, 6.45) is 0. The monoisotopic (exact) mass is 229 g/mol. The van der Waals surface area contributed by atoms with Crippen LogP contribution in [0.4, 0.5) is 0 Å². The van der Waals surface area contributed by atoms with E-state index in [1.165, 1.54) is 21.2 Å². The molecule has 0 saturated heterocycles. The standard InChI is InChI=1S/C4H8NO.BrH.Zn/c1-4(6)5(2)3;;/h1H2,2-3H3;1H;/q-1;;+2/p-1. The summed E-state index contributed by atoms with van der Waals surface area (Å²) in [6, 6.07) is 0. The average Bonchev–Trinajstić information content (AvgIpc) is 1.72. The molecule has 0 aliphatic carbocycles. The van der Waals surface area contributed by atoms with Gasteiger partial charge in [-0.2, -0.15) is 0 Å². The molecule has 0 aliphatic heterocycles. The number of rotatable bonds is 0. The summed E-state index contributed by atoms with van der Waals surface area (Å²) in [7, 11) is 3.32. The van der Waals surface area contributed by atoms with Crippen LogP contribution in [0, 0.1) is 6.92 Å². The molecule has 0 fully saturated rings. The number of nitrogens with zero attached hydrogens (tertiary/aromatic N) is 1. The van der Waals surface area contributed by atoms with Crippen molar-refractivity contribution >= 4 is 19.5 Å². The van der Waals surface area contributed by atoms with Gasteiger partial charge in [0.1, 0.15) is 0 Å². The molecule has 4 heteroatoms. The Morgan fingerprint density at radius 3 is 1.75 bits per heavy atom. The van der Waals surface area contributed by atoms with Gasteiger partial charge in [0, 0.05) is 14.1 Å². The normalized spacial score (nSPS) is 6.62. The Kier molecular flexibility index (Phi) is 10.5. The van der Waals surface area contributed by atoms with Gasteiger partial charge in [-0.05, 0) is 0 Å². The first-order chi connectivity index (χ1) is 3.64. The van der Waals surface area contributed by atoms with Crippen molar-refractivity contribution in [2.45, 2.75) is 0 Å². The van der Waals surface area contributed by atoms with Crippen molar-refractivity contribution in [3.05, 3.63) is 6.92 Å². The molecule has 8 heavy (non-hydrogen) atoms. The summed E-state index contributed by atoms with van der Waals surface area (Å²) in [6.45, 7) is 3.12. The summed E-state index contributed by atoms with van der Waals surface area (Å²) >= 11 is 4.25. The van der Waals surface area contributed by atoms with E-state index in [4.69, 9.17) is 0 Å². The quantitative estimate of drug-likeness (QED) is 0.445. The van der Waals surface area contributed by atoms with E-state index < -0.39 is 0 Å². The zero-order valence-corrected chi connectivity index (χ0v) is 9.70. The second kappa shape index (κ2) is 7.44. The van der Waals surface area contributed by atoms with E-state index in [0.717, 1.165) is 0 Å². The van der Waals surface area contributed by atoms with Crippen molar-refractivity contribution in [2.24, 2.45) is 0 Å². The van der Waals surface area contributed by atoms with Crippen molar-refractivity contribution in [3.63, 3.8) is 0 Å². The molecule has 0 unspecified atom stereocenters. The van der Waals surface area contributed by atoms with E-state index in [1.54, 1.807) is 14.1 Å². The predicted octanol–water partition coefficient (Wildman–Crippen LogP) is 0.752. The van der Waals surface area contributed by atoms with E-state index in [9.17, 15) is 4.79 Å². The van der Waals surface area contributed by atoms with Gasteiger partial charge in [-0.15, -0.1) is 0 Å². The van der Waals surface area contributed by atoms with Crippen molar-refractivity contribution in [1.29, 1.82) is 0 Å². The molecule has 2 nitrogen and oxygen atoms in total. The summed E-state index contributed by atoms with van der Waals surface area (Å²) in [5.74, 6) is -0.157. The van der Waals surface area contributed by atoms with Crippen LogP contribution in [0.1, 0.15) is 0 Å². The topological polar surface area (TPSA) is 20.3 Å². The average molecular weight is 231 g/mol. The fraction of sp³-hybridized carbons (Fsp3) is 0.500. The molecule has 0 saturated carbocycles. The van der Waals surface area contributed by atoms with Gasteiger partial charge in [-0.3, -0.25) is 0 Å². The molecular weight excluding hydrogens is 223 g/mol. The predicted molar refractivity (Wildman–Crippen MR) is 33.0 cm³/mol. The first-order valence-corrected chi connectivity index (χ1v) is 8.89. The van der Waals surface area contributed by atoms with Crippen LogP contribution in [-0.4, -0.2) is 24.9 Å². The van der Waals surface area contributed by atoms with Crippen LogP contribution in [0.3, 0.4) is 0 Å². The SMILES string of the molecule is [CH2-]C(=O)N(C)C.[Zn+][Br]. The zero-order chi connectivity index (χ0) is 7.15. The first kappa shape index (κ1) is 11.3. The molecule has 0 bridgehead atoms. The van der Waals surface area contributed by atoms with Crippen LogP contribution >= 0.6 is 13.6 Å². The maximum absolute atomic E-state index is 9.96. The number of halogens is 1.